The molecule has 2 aromatic rings. The smallest absolute Gasteiger partial charge is 0.268 e. The zero-order valence-electron chi connectivity index (χ0n) is 15.4. The summed E-state index contributed by atoms with van der Waals surface area (Å²) in [5, 5.41) is 4.42. The van der Waals surface area contributed by atoms with E-state index in [1.807, 2.05) is 25.2 Å². The highest BCUT2D eigenvalue weighted by Gasteiger charge is 2.24. The van der Waals surface area contributed by atoms with Crippen LogP contribution in [0.5, 0.6) is 0 Å². The second-order valence-electron chi connectivity index (χ2n) is 7.32. The first-order valence-corrected chi connectivity index (χ1v) is 9.09. The monoisotopic (exact) mass is 340 g/mol. The Bertz CT molecular complexity index is 741. The molecule has 1 aromatic heterocycles. The maximum absolute atomic E-state index is 12.5. The summed E-state index contributed by atoms with van der Waals surface area (Å²) >= 11 is 0. The van der Waals surface area contributed by atoms with E-state index in [0.717, 1.165) is 31.7 Å². The van der Waals surface area contributed by atoms with Gasteiger partial charge in [0.25, 0.3) is 5.56 Å². The first-order chi connectivity index (χ1) is 12.0. The third kappa shape index (κ3) is 4.48. The SMILES string of the molecule is CC(C)N1CCC(Cn2ncc(N(C)Cc3ccccc3)cc2=O)C1. The molecule has 5 heteroatoms. The molecule has 25 heavy (non-hydrogen) atoms. The van der Waals surface area contributed by atoms with Crippen molar-refractivity contribution in [2.75, 3.05) is 25.0 Å². The van der Waals surface area contributed by atoms with Crippen molar-refractivity contribution < 1.29 is 0 Å². The van der Waals surface area contributed by atoms with Crippen molar-refractivity contribution >= 4 is 5.69 Å². The van der Waals surface area contributed by atoms with Gasteiger partial charge in [0.15, 0.2) is 0 Å². The molecule has 134 valence electrons. The van der Waals surface area contributed by atoms with E-state index in [9.17, 15) is 4.79 Å². The van der Waals surface area contributed by atoms with Gasteiger partial charge in [-0.2, -0.15) is 5.10 Å². The Kier molecular flexibility index (Phi) is 5.53. The van der Waals surface area contributed by atoms with Gasteiger partial charge in [-0.1, -0.05) is 30.3 Å². The van der Waals surface area contributed by atoms with Crippen molar-refractivity contribution in [1.82, 2.24) is 14.7 Å². The van der Waals surface area contributed by atoms with E-state index in [4.69, 9.17) is 0 Å². The van der Waals surface area contributed by atoms with Crippen molar-refractivity contribution in [3.8, 4) is 0 Å². The van der Waals surface area contributed by atoms with Crippen LogP contribution in [0.3, 0.4) is 0 Å². The lowest BCUT2D eigenvalue weighted by atomic mass is 10.1. The van der Waals surface area contributed by atoms with Crippen molar-refractivity contribution in [3.63, 3.8) is 0 Å². The molecular formula is C20H28N4O. The third-order valence-electron chi connectivity index (χ3n) is 5.04. The van der Waals surface area contributed by atoms with Gasteiger partial charge in [-0.3, -0.25) is 4.79 Å². The summed E-state index contributed by atoms with van der Waals surface area (Å²) in [6.45, 7) is 8.10. The van der Waals surface area contributed by atoms with Gasteiger partial charge >= 0.3 is 0 Å². The molecule has 1 aromatic carbocycles. The topological polar surface area (TPSA) is 41.4 Å². The molecule has 1 unspecified atom stereocenters. The van der Waals surface area contributed by atoms with Crippen LogP contribution in [-0.2, 0) is 13.1 Å². The van der Waals surface area contributed by atoms with Gasteiger partial charge in [0, 0.05) is 38.8 Å². The standard InChI is InChI=1S/C20H28N4O/c1-16(2)23-10-9-18(14-23)15-24-20(25)11-19(12-21-24)22(3)13-17-7-5-4-6-8-17/h4-8,11-12,16,18H,9-10,13-15H2,1-3H3. The minimum absolute atomic E-state index is 0.0135. The average Bonchev–Trinajstić information content (AvgIpc) is 3.06. The van der Waals surface area contributed by atoms with Gasteiger partial charge in [-0.15, -0.1) is 0 Å². The quantitative estimate of drug-likeness (QED) is 0.811. The maximum atomic E-state index is 12.5. The first-order valence-electron chi connectivity index (χ1n) is 9.09. The molecule has 3 rings (SSSR count). The number of hydrogen-bond acceptors (Lipinski definition) is 4. The minimum atomic E-state index is -0.0135. The maximum Gasteiger partial charge on any atom is 0.268 e. The molecule has 0 N–H and O–H groups in total. The van der Waals surface area contributed by atoms with Crippen LogP contribution in [0.1, 0.15) is 25.8 Å². The molecule has 0 amide bonds. The Morgan fingerprint density at radius 3 is 2.68 bits per heavy atom. The zero-order valence-corrected chi connectivity index (χ0v) is 15.4. The molecule has 0 saturated carbocycles. The number of benzene rings is 1. The predicted molar refractivity (Wildman–Crippen MR) is 102 cm³/mol. The summed E-state index contributed by atoms with van der Waals surface area (Å²) in [4.78, 5) is 17.0. The van der Waals surface area contributed by atoms with Crippen molar-refractivity contribution in [1.29, 1.82) is 0 Å². The lowest BCUT2D eigenvalue weighted by Gasteiger charge is -2.21. The van der Waals surface area contributed by atoms with Crippen LogP contribution >= 0.6 is 0 Å². The fourth-order valence-corrected chi connectivity index (χ4v) is 3.44. The highest BCUT2D eigenvalue weighted by molar-refractivity contribution is 5.42. The molecule has 0 spiro atoms. The highest BCUT2D eigenvalue weighted by Crippen LogP contribution is 2.19. The molecule has 0 bridgehead atoms. The van der Waals surface area contributed by atoms with E-state index in [2.05, 4.69) is 40.9 Å². The number of likely N-dealkylation sites (tertiary alicyclic amines) is 1. The molecule has 2 heterocycles. The van der Waals surface area contributed by atoms with Crippen LogP contribution < -0.4 is 10.5 Å². The summed E-state index contributed by atoms with van der Waals surface area (Å²) in [6, 6.07) is 12.5. The summed E-state index contributed by atoms with van der Waals surface area (Å²) in [7, 11) is 1.99. The van der Waals surface area contributed by atoms with E-state index < -0.39 is 0 Å². The van der Waals surface area contributed by atoms with E-state index in [0.29, 0.717) is 18.5 Å². The Morgan fingerprint density at radius 2 is 2.04 bits per heavy atom. The molecule has 1 aliphatic rings. The Balaban J connectivity index is 1.64. The van der Waals surface area contributed by atoms with Crippen molar-refractivity contribution in [3.05, 3.63) is 58.5 Å². The second-order valence-corrected chi connectivity index (χ2v) is 7.32. The van der Waals surface area contributed by atoms with Gasteiger partial charge in [-0.05, 0) is 38.3 Å². The van der Waals surface area contributed by atoms with Crippen LogP contribution in [0.2, 0.25) is 0 Å². The number of rotatable bonds is 6. The number of hydrogen-bond donors (Lipinski definition) is 0. The predicted octanol–water partition coefficient (Wildman–Crippen LogP) is 2.61. The molecule has 1 fully saturated rings. The number of aromatic nitrogens is 2. The molecule has 5 nitrogen and oxygen atoms in total. The average molecular weight is 340 g/mol. The lowest BCUT2D eigenvalue weighted by Crippen LogP contribution is -2.31. The summed E-state index contributed by atoms with van der Waals surface area (Å²) in [6.07, 6.45) is 2.95. The van der Waals surface area contributed by atoms with Crippen LogP contribution in [0, 0.1) is 5.92 Å². The number of anilines is 1. The fourth-order valence-electron chi connectivity index (χ4n) is 3.44. The molecular weight excluding hydrogens is 312 g/mol. The van der Waals surface area contributed by atoms with Gasteiger partial charge < -0.3 is 9.80 Å². The number of nitrogens with zero attached hydrogens (tertiary/aromatic N) is 4. The Morgan fingerprint density at radius 1 is 1.28 bits per heavy atom. The van der Waals surface area contributed by atoms with Crippen LogP contribution in [-0.4, -0.2) is 40.9 Å². The van der Waals surface area contributed by atoms with Gasteiger partial charge in [-0.25, -0.2) is 4.68 Å². The third-order valence-corrected chi connectivity index (χ3v) is 5.04. The largest absolute Gasteiger partial charge is 0.369 e. The first kappa shape index (κ1) is 17.7. The van der Waals surface area contributed by atoms with Gasteiger partial charge in [0.1, 0.15) is 0 Å². The second kappa shape index (κ2) is 7.83. The summed E-state index contributed by atoms with van der Waals surface area (Å²) < 4.78 is 1.62. The normalized spacial score (nSPS) is 18.0. The summed E-state index contributed by atoms with van der Waals surface area (Å²) in [5.41, 5.74) is 2.06. The molecule has 1 atom stereocenters. The fraction of sp³-hybridized carbons (Fsp3) is 0.500. The van der Waals surface area contributed by atoms with Crippen LogP contribution in [0.25, 0.3) is 0 Å². The minimum Gasteiger partial charge on any atom is -0.369 e. The van der Waals surface area contributed by atoms with E-state index in [1.54, 1.807) is 16.9 Å². The van der Waals surface area contributed by atoms with Gasteiger partial charge in [0.2, 0.25) is 0 Å². The Labute approximate surface area is 149 Å². The molecule has 0 aliphatic carbocycles. The highest BCUT2D eigenvalue weighted by atomic mass is 16.1. The van der Waals surface area contributed by atoms with Crippen molar-refractivity contribution in [2.24, 2.45) is 5.92 Å². The lowest BCUT2D eigenvalue weighted by molar-refractivity contribution is 0.258. The zero-order chi connectivity index (χ0) is 17.8. The van der Waals surface area contributed by atoms with E-state index >= 15 is 0 Å². The van der Waals surface area contributed by atoms with Crippen LogP contribution in [0.4, 0.5) is 5.69 Å². The Hall–Kier alpha value is -2.14. The molecule has 1 saturated heterocycles. The van der Waals surface area contributed by atoms with Gasteiger partial charge in [0.05, 0.1) is 11.9 Å². The molecule has 1 aliphatic heterocycles. The summed E-state index contributed by atoms with van der Waals surface area (Å²) in [5.74, 6) is 0.514. The van der Waals surface area contributed by atoms with Crippen molar-refractivity contribution in [2.45, 2.75) is 39.4 Å². The van der Waals surface area contributed by atoms with Crippen LogP contribution in [0.15, 0.2) is 47.4 Å². The molecule has 0 radical (unpaired) electrons. The van der Waals surface area contributed by atoms with E-state index in [1.165, 1.54) is 5.56 Å². The van der Waals surface area contributed by atoms with E-state index in [-0.39, 0.29) is 5.56 Å².